The van der Waals surface area contributed by atoms with Crippen molar-refractivity contribution in [1.82, 2.24) is 9.80 Å². The summed E-state index contributed by atoms with van der Waals surface area (Å²) in [6.45, 7) is 6.08. The molecular weight excluding hydrogens is 316 g/mol. The molecule has 2 aliphatic heterocycles. The molecular formula is C20H28N2O3. The lowest BCUT2D eigenvalue weighted by Gasteiger charge is -2.53. The SMILES string of the molecule is Cc1ccc(OCC(=O)N2CC3(CC(CO)CN3CC3CC3)C2)cc1. The second kappa shape index (κ2) is 6.61. The van der Waals surface area contributed by atoms with E-state index in [1.807, 2.05) is 36.1 Å². The van der Waals surface area contributed by atoms with E-state index in [4.69, 9.17) is 4.74 Å². The maximum absolute atomic E-state index is 12.4. The summed E-state index contributed by atoms with van der Waals surface area (Å²) in [6.07, 6.45) is 3.69. The molecule has 5 nitrogen and oxygen atoms in total. The van der Waals surface area contributed by atoms with Crippen molar-refractivity contribution in [3.63, 3.8) is 0 Å². The summed E-state index contributed by atoms with van der Waals surface area (Å²) in [7, 11) is 0. The molecule has 2 saturated heterocycles. The number of carbonyl (C=O) groups excluding carboxylic acids is 1. The number of likely N-dealkylation sites (tertiary alicyclic amines) is 2. The van der Waals surface area contributed by atoms with Gasteiger partial charge < -0.3 is 14.7 Å². The van der Waals surface area contributed by atoms with Crippen molar-refractivity contribution in [3.8, 4) is 5.75 Å². The Morgan fingerprint density at radius 1 is 1.24 bits per heavy atom. The minimum absolute atomic E-state index is 0.0602. The third kappa shape index (κ3) is 3.53. The van der Waals surface area contributed by atoms with Gasteiger partial charge in [0.15, 0.2) is 6.61 Å². The predicted molar refractivity (Wildman–Crippen MR) is 95.5 cm³/mol. The van der Waals surface area contributed by atoms with E-state index in [1.165, 1.54) is 18.4 Å². The van der Waals surface area contributed by atoms with Gasteiger partial charge in [0.25, 0.3) is 5.91 Å². The van der Waals surface area contributed by atoms with Gasteiger partial charge >= 0.3 is 0 Å². The Bertz CT molecular complexity index is 620. The van der Waals surface area contributed by atoms with Crippen LogP contribution in [0.1, 0.15) is 24.8 Å². The minimum Gasteiger partial charge on any atom is -0.484 e. The van der Waals surface area contributed by atoms with Gasteiger partial charge in [0.05, 0.1) is 5.54 Å². The van der Waals surface area contributed by atoms with Crippen molar-refractivity contribution in [1.29, 1.82) is 0 Å². The molecule has 1 N–H and O–H groups in total. The highest BCUT2D eigenvalue weighted by Crippen LogP contribution is 2.43. The zero-order valence-electron chi connectivity index (χ0n) is 15.0. The van der Waals surface area contributed by atoms with Gasteiger partial charge in [-0.15, -0.1) is 0 Å². The summed E-state index contributed by atoms with van der Waals surface area (Å²) in [5, 5.41) is 9.56. The summed E-state index contributed by atoms with van der Waals surface area (Å²) in [4.78, 5) is 16.9. The zero-order chi connectivity index (χ0) is 17.4. The largest absolute Gasteiger partial charge is 0.484 e. The van der Waals surface area contributed by atoms with Crippen LogP contribution in [-0.2, 0) is 4.79 Å². The molecule has 1 amide bonds. The van der Waals surface area contributed by atoms with Crippen molar-refractivity contribution < 1.29 is 14.6 Å². The molecule has 3 aliphatic rings. The molecule has 0 radical (unpaired) electrons. The van der Waals surface area contributed by atoms with Crippen LogP contribution in [0.5, 0.6) is 5.75 Å². The molecule has 5 heteroatoms. The molecule has 0 aromatic heterocycles. The first-order valence-corrected chi connectivity index (χ1v) is 9.41. The van der Waals surface area contributed by atoms with Crippen molar-refractivity contribution in [2.45, 2.75) is 31.7 Å². The Morgan fingerprint density at radius 3 is 2.60 bits per heavy atom. The molecule has 2 heterocycles. The molecule has 136 valence electrons. The van der Waals surface area contributed by atoms with Crippen LogP contribution >= 0.6 is 0 Å². The fourth-order valence-electron chi connectivity index (χ4n) is 4.28. The zero-order valence-corrected chi connectivity index (χ0v) is 15.0. The number of benzene rings is 1. The first-order chi connectivity index (χ1) is 12.1. The number of carbonyl (C=O) groups is 1. The molecule has 1 aromatic rings. The van der Waals surface area contributed by atoms with Gasteiger partial charge in [-0.1, -0.05) is 17.7 Å². The monoisotopic (exact) mass is 344 g/mol. The van der Waals surface area contributed by atoms with Gasteiger partial charge in [-0.25, -0.2) is 0 Å². The van der Waals surface area contributed by atoms with Crippen LogP contribution in [0.2, 0.25) is 0 Å². The molecule has 4 rings (SSSR count). The standard InChI is InChI=1S/C20H28N2O3/c1-15-2-6-18(7-3-15)25-12-19(24)21-13-20(14-21)8-17(11-23)10-22(20)9-16-4-5-16/h2-3,6-7,16-17,23H,4-5,8-14H2,1H3. The molecule has 1 aromatic carbocycles. The molecule has 1 aliphatic carbocycles. The van der Waals surface area contributed by atoms with Crippen LogP contribution in [-0.4, -0.2) is 65.7 Å². The molecule has 1 saturated carbocycles. The average Bonchev–Trinajstić information content (AvgIpc) is 3.31. The van der Waals surface area contributed by atoms with E-state index in [2.05, 4.69) is 4.90 Å². The van der Waals surface area contributed by atoms with Crippen molar-refractivity contribution in [2.75, 3.05) is 39.4 Å². The van der Waals surface area contributed by atoms with E-state index < -0.39 is 0 Å². The van der Waals surface area contributed by atoms with Gasteiger partial charge in [-0.2, -0.15) is 0 Å². The first-order valence-electron chi connectivity index (χ1n) is 9.41. The van der Waals surface area contributed by atoms with Gasteiger partial charge in [-0.05, 0) is 50.2 Å². The van der Waals surface area contributed by atoms with Crippen LogP contribution in [0, 0.1) is 18.8 Å². The average molecular weight is 344 g/mol. The highest BCUT2D eigenvalue weighted by molar-refractivity contribution is 5.79. The Kier molecular flexibility index (Phi) is 4.46. The topological polar surface area (TPSA) is 53.0 Å². The predicted octanol–water partition coefficient (Wildman–Crippen LogP) is 1.68. The van der Waals surface area contributed by atoms with Crippen LogP contribution in [0.3, 0.4) is 0 Å². The fraction of sp³-hybridized carbons (Fsp3) is 0.650. The second-order valence-electron chi connectivity index (χ2n) is 8.18. The number of ether oxygens (including phenoxy) is 1. The van der Waals surface area contributed by atoms with E-state index in [0.717, 1.165) is 44.3 Å². The lowest BCUT2D eigenvalue weighted by molar-refractivity contribution is -0.146. The number of rotatable bonds is 6. The number of hydrogen-bond acceptors (Lipinski definition) is 4. The highest BCUT2D eigenvalue weighted by atomic mass is 16.5. The molecule has 25 heavy (non-hydrogen) atoms. The van der Waals surface area contributed by atoms with Crippen molar-refractivity contribution in [2.24, 2.45) is 11.8 Å². The number of aliphatic hydroxyl groups is 1. The summed E-state index contributed by atoms with van der Waals surface area (Å²) < 4.78 is 5.63. The van der Waals surface area contributed by atoms with Crippen LogP contribution < -0.4 is 4.74 Å². The smallest absolute Gasteiger partial charge is 0.260 e. The number of amides is 1. The molecule has 1 spiro atoms. The maximum Gasteiger partial charge on any atom is 0.260 e. The molecule has 1 unspecified atom stereocenters. The lowest BCUT2D eigenvalue weighted by Crippen LogP contribution is -2.69. The molecule has 3 fully saturated rings. The van der Waals surface area contributed by atoms with Gasteiger partial charge in [0.2, 0.25) is 0 Å². The lowest BCUT2D eigenvalue weighted by atomic mass is 9.84. The minimum atomic E-state index is 0.0602. The summed E-state index contributed by atoms with van der Waals surface area (Å²) in [6, 6.07) is 7.78. The van der Waals surface area contributed by atoms with Gasteiger partial charge in [0, 0.05) is 32.8 Å². The third-order valence-electron chi connectivity index (χ3n) is 5.96. The number of nitrogens with zero attached hydrogens (tertiary/aromatic N) is 2. The molecule has 1 atom stereocenters. The van der Waals surface area contributed by atoms with Crippen LogP contribution in [0.15, 0.2) is 24.3 Å². The maximum atomic E-state index is 12.4. The number of aryl methyl sites for hydroxylation is 1. The normalized spacial score (nSPS) is 25.2. The third-order valence-corrected chi connectivity index (χ3v) is 5.96. The van der Waals surface area contributed by atoms with E-state index >= 15 is 0 Å². The second-order valence-corrected chi connectivity index (χ2v) is 8.18. The van der Waals surface area contributed by atoms with Crippen LogP contribution in [0.4, 0.5) is 0 Å². The van der Waals surface area contributed by atoms with Gasteiger partial charge in [0.1, 0.15) is 5.75 Å². The van der Waals surface area contributed by atoms with E-state index in [1.54, 1.807) is 0 Å². The van der Waals surface area contributed by atoms with Crippen molar-refractivity contribution in [3.05, 3.63) is 29.8 Å². The van der Waals surface area contributed by atoms with E-state index in [9.17, 15) is 9.90 Å². The van der Waals surface area contributed by atoms with Crippen molar-refractivity contribution >= 4 is 5.91 Å². The Labute approximate surface area is 149 Å². The summed E-state index contributed by atoms with van der Waals surface area (Å²) >= 11 is 0. The number of hydrogen-bond donors (Lipinski definition) is 1. The Balaban J connectivity index is 1.30. The molecule has 0 bridgehead atoms. The fourth-order valence-corrected chi connectivity index (χ4v) is 4.28. The van der Waals surface area contributed by atoms with E-state index in [-0.39, 0.29) is 24.7 Å². The van der Waals surface area contributed by atoms with Crippen LogP contribution in [0.25, 0.3) is 0 Å². The Hall–Kier alpha value is -1.59. The quantitative estimate of drug-likeness (QED) is 0.853. The first kappa shape index (κ1) is 16.9. The highest BCUT2D eigenvalue weighted by Gasteiger charge is 2.54. The summed E-state index contributed by atoms with van der Waals surface area (Å²) in [5.41, 5.74) is 1.29. The van der Waals surface area contributed by atoms with Gasteiger partial charge in [-0.3, -0.25) is 9.69 Å². The van der Waals surface area contributed by atoms with E-state index in [0.29, 0.717) is 5.92 Å². The summed E-state index contributed by atoms with van der Waals surface area (Å²) in [5.74, 6) is 2.00. The Morgan fingerprint density at radius 2 is 1.96 bits per heavy atom. The number of aliphatic hydroxyl groups excluding tert-OH is 1.